The first-order valence-corrected chi connectivity index (χ1v) is 2.88. The third-order valence-corrected chi connectivity index (χ3v) is 1.18. The summed E-state index contributed by atoms with van der Waals surface area (Å²) >= 11 is 0. The van der Waals surface area contributed by atoms with Gasteiger partial charge in [0.2, 0.25) is 0 Å². The summed E-state index contributed by atoms with van der Waals surface area (Å²) in [5.74, 6) is 0.394. The van der Waals surface area contributed by atoms with E-state index in [-0.39, 0.29) is 0 Å². The van der Waals surface area contributed by atoms with Gasteiger partial charge in [0.15, 0.2) is 5.34 Å². The molecule has 0 bridgehead atoms. The molecule has 1 atom stereocenters. The Hall–Kier alpha value is -1.16. The highest BCUT2D eigenvalue weighted by atomic mass is 16.7. The number of aliphatic hydroxyl groups is 1. The van der Waals surface area contributed by atoms with Crippen molar-refractivity contribution < 1.29 is 9.94 Å². The second-order valence-corrected chi connectivity index (χ2v) is 1.96. The molecule has 0 saturated carbocycles. The van der Waals surface area contributed by atoms with E-state index >= 15 is 0 Å². The van der Waals surface area contributed by atoms with E-state index in [1.54, 1.807) is 18.2 Å². The molecule has 1 rings (SSSR count). The summed E-state index contributed by atoms with van der Waals surface area (Å²) in [6, 6.07) is 0. The van der Waals surface area contributed by atoms with Gasteiger partial charge in [0, 0.05) is 6.42 Å². The molecular formula is C6H7NO3. The summed E-state index contributed by atoms with van der Waals surface area (Å²) in [5, 5.41) is 11.2. The molecule has 0 heterocycles. The van der Waals surface area contributed by atoms with Gasteiger partial charge < -0.3 is 9.94 Å². The normalized spacial score (nSPS) is 23.7. The fourth-order valence-electron chi connectivity index (χ4n) is 0.749. The number of rotatable bonds is 2. The Labute approximate surface area is 57.7 Å². The van der Waals surface area contributed by atoms with E-state index in [0.29, 0.717) is 12.2 Å². The first-order chi connectivity index (χ1) is 4.83. The maximum Gasteiger partial charge on any atom is 0.160 e. The van der Waals surface area contributed by atoms with E-state index in [4.69, 9.17) is 5.11 Å². The molecule has 0 aromatic heterocycles. The summed E-state index contributed by atoms with van der Waals surface area (Å²) in [4.78, 5) is 13.8. The van der Waals surface area contributed by atoms with Crippen molar-refractivity contribution in [3.8, 4) is 0 Å². The van der Waals surface area contributed by atoms with Crippen LogP contribution in [0.5, 0.6) is 0 Å². The predicted molar refractivity (Wildman–Crippen MR) is 34.7 cm³/mol. The molecule has 4 heteroatoms. The molecule has 0 radical (unpaired) electrons. The number of hydrogen-bond donors (Lipinski definition) is 1. The monoisotopic (exact) mass is 141 g/mol. The summed E-state index contributed by atoms with van der Waals surface area (Å²) in [6.07, 6.45) is 4.59. The van der Waals surface area contributed by atoms with E-state index < -0.39 is 6.10 Å². The Bertz CT molecular complexity index is 185. The lowest BCUT2D eigenvalue weighted by Crippen LogP contribution is -2.07. The zero-order valence-corrected chi connectivity index (χ0v) is 5.23. The molecule has 1 N–H and O–H groups in total. The van der Waals surface area contributed by atoms with Crippen LogP contribution < -0.4 is 0 Å². The van der Waals surface area contributed by atoms with Crippen LogP contribution >= 0.6 is 0 Å². The number of hydrogen-bond acceptors (Lipinski definition) is 4. The number of aliphatic hydroxyl groups excluding tert-OH is 1. The minimum Gasteiger partial charge on any atom is -0.389 e. The lowest BCUT2D eigenvalue weighted by molar-refractivity contribution is 0.157. The Morgan fingerprint density at radius 1 is 1.80 bits per heavy atom. The SMILES string of the molecule is O=NOC1=CC=CC(O)C1. The van der Waals surface area contributed by atoms with Crippen molar-refractivity contribution in [2.45, 2.75) is 12.5 Å². The van der Waals surface area contributed by atoms with Gasteiger partial charge in [-0.25, -0.2) is 0 Å². The fraction of sp³-hybridized carbons (Fsp3) is 0.333. The summed E-state index contributed by atoms with van der Waals surface area (Å²) in [6.45, 7) is 0. The highest BCUT2D eigenvalue weighted by Crippen LogP contribution is 2.13. The van der Waals surface area contributed by atoms with Crippen LogP contribution in [0.25, 0.3) is 0 Å². The minimum absolute atomic E-state index is 0.322. The van der Waals surface area contributed by atoms with E-state index in [0.717, 1.165) is 0 Å². The molecule has 0 spiro atoms. The molecule has 1 unspecified atom stereocenters. The van der Waals surface area contributed by atoms with Gasteiger partial charge >= 0.3 is 0 Å². The van der Waals surface area contributed by atoms with Gasteiger partial charge in [-0.3, -0.25) is 0 Å². The largest absolute Gasteiger partial charge is 0.389 e. The van der Waals surface area contributed by atoms with E-state index in [1.165, 1.54) is 0 Å². The lowest BCUT2D eigenvalue weighted by atomic mass is 10.1. The molecule has 0 aromatic rings. The second kappa shape index (κ2) is 3.12. The van der Waals surface area contributed by atoms with Gasteiger partial charge in [0.25, 0.3) is 0 Å². The highest BCUT2D eigenvalue weighted by molar-refractivity contribution is 5.16. The Morgan fingerprint density at radius 2 is 2.60 bits per heavy atom. The molecule has 0 aliphatic heterocycles. The Balaban J connectivity index is 2.52. The molecule has 1 aliphatic rings. The molecule has 0 saturated heterocycles. The average Bonchev–Trinajstić information content (AvgIpc) is 1.88. The van der Waals surface area contributed by atoms with Gasteiger partial charge in [-0.1, -0.05) is 12.2 Å². The van der Waals surface area contributed by atoms with E-state index in [1.807, 2.05) is 0 Å². The number of allylic oxidation sites excluding steroid dienone is 2. The average molecular weight is 141 g/mol. The quantitative estimate of drug-likeness (QED) is 0.459. The predicted octanol–water partition coefficient (Wildman–Crippen LogP) is 0.889. The Kier molecular flexibility index (Phi) is 2.17. The van der Waals surface area contributed by atoms with Gasteiger partial charge in [-0.15, -0.1) is 4.91 Å². The molecular weight excluding hydrogens is 134 g/mol. The van der Waals surface area contributed by atoms with Gasteiger partial charge in [0.1, 0.15) is 5.76 Å². The molecule has 10 heavy (non-hydrogen) atoms. The fourth-order valence-corrected chi connectivity index (χ4v) is 0.749. The maximum atomic E-state index is 9.56. The first-order valence-electron chi connectivity index (χ1n) is 2.88. The Morgan fingerprint density at radius 3 is 3.20 bits per heavy atom. The van der Waals surface area contributed by atoms with Crippen LogP contribution in [-0.2, 0) is 4.84 Å². The summed E-state index contributed by atoms with van der Waals surface area (Å²) < 4.78 is 0. The minimum atomic E-state index is -0.554. The third-order valence-electron chi connectivity index (χ3n) is 1.18. The highest BCUT2D eigenvalue weighted by Gasteiger charge is 2.08. The van der Waals surface area contributed by atoms with Crippen LogP contribution in [0.3, 0.4) is 0 Å². The summed E-state index contributed by atoms with van der Waals surface area (Å²) in [7, 11) is 0. The molecule has 1 aliphatic carbocycles. The van der Waals surface area contributed by atoms with Gasteiger partial charge in [0.05, 0.1) is 6.10 Å². The second-order valence-electron chi connectivity index (χ2n) is 1.96. The first kappa shape index (κ1) is 6.95. The zero-order chi connectivity index (χ0) is 7.40. The maximum absolute atomic E-state index is 9.56. The zero-order valence-electron chi connectivity index (χ0n) is 5.23. The standard InChI is InChI=1S/C6H7NO3/c8-5-2-1-3-6(4-5)10-7-9/h1-3,5,8H,4H2. The van der Waals surface area contributed by atoms with E-state index in [9.17, 15) is 4.91 Å². The van der Waals surface area contributed by atoms with Crippen molar-refractivity contribution in [3.05, 3.63) is 28.9 Å². The number of nitrogens with zero attached hydrogens (tertiary/aromatic N) is 1. The van der Waals surface area contributed by atoms with E-state index in [2.05, 4.69) is 10.2 Å². The van der Waals surface area contributed by atoms with Crippen LogP contribution in [0.2, 0.25) is 0 Å². The summed E-state index contributed by atoms with van der Waals surface area (Å²) in [5.41, 5.74) is 0. The van der Waals surface area contributed by atoms with Crippen molar-refractivity contribution in [3.63, 3.8) is 0 Å². The molecule has 54 valence electrons. The van der Waals surface area contributed by atoms with Crippen molar-refractivity contribution in [1.82, 2.24) is 0 Å². The van der Waals surface area contributed by atoms with Crippen LogP contribution in [0.15, 0.2) is 29.3 Å². The molecule has 4 nitrogen and oxygen atoms in total. The van der Waals surface area contributed by atoms with Gasteiger partial charge in [-0.05, 0) is 6.08 Å². The smallest absolute Gasteiger partial charge is 0.160 e. The van der Waals surface area contributed by atoms with Crippen molar-refractivity contribution in [2.75, 3.05) is 0 Å². The van der Waals surface area contributed by atoms with Crippen LogP contribution in [0, 0.1) is 4.91 Å². The van der Waals surface area contributed by atoms with Crippen molar-refractivity contribution >= 4 is 0 Å². The lowest BCUT2D eigenvalue weighted by Gasteiger charge is -2.08. The van der Waals surface area contributed by atoms with Crippen molar-refractivity contribution in [2.24, 2.45) is 5.34 Å². The molecule has 0 aromatic carbocycles. The van der Waals surface area contributed by atoms with Crippen LogP contribution in [0.1, 0.15) is 6.42 Å². The molecule has 0 amide bonds. The molecule has 0 fully saturated rings. The topological polar surface area (TPSA) is 58.9 Å². The van der Waals surface area contributed by atoms with Crippen molar-refractivity contribution in [1.29, 1.82) is 0 Å². The third kappa shape index (κ3) is 1.66. The van der Waals surface area contributed by atoms with Gasteiger partial charge in [-0.2, -0.15) is 0 Å². The van der Waals surface area contributed by atoms with Crippen LogP contribution in [-0.4, -0.2) is 11.2 Å². The van der Waals surface area contributed by atoms with Crippen LogP contribution in [0.4, 0.5) is 0 Å².